The van der Waals surface area contributed by atoms with Gasteiger partial charge in [0.25, 0.3) is 0 Å². The third-order valence-corrected chi connectivity index (χ3v) is 7.80. The molecular formula is C28H37F5. The van der Waals surface area contributed by atoms with E-state index in [1.54, 1.807) is 0 Å². The van der Waals surface area contributed by atoms with E-state index in [0.717, 1.165) is 37.5 Å². The minimum atomic E-state index is -4.60. The van der Waals surface area contributed by atoms with E-state index < -0.39 is 23.4 Å². The molecule has 33 heavy (non-hydrogen) atoms. The molecule has 0 aromatic heterocycles. The zero-order valence-electron chi connectivity index (χ0n) is 19.8. The molecule has 2 aliphatic carbocycles. The topological polar surface area (TPSA) is 0 Å². The molecular weight excluding hydrogens is 431 g/mol. The van der Waals surface area contributed by atoms with Gasteiger partial charge in [-0.25, -0.2) is 8.78 Å². The zero-order valence-corrected chi connectivity index (χ0v) is 19.8. The van der Waals surface area contributed by atoms with Gasteiger partial charge in [-0.15, -0.1) is 0 Å². The molecule has 2 fully saturated rings. The first-order valence-electron chi connectivity index (χ1n) is 12.6. The molecule has 0 amide bonds. The number of hydrogen-bond donors (Lipinski definition) is 0. The highest BCUT2D eigenvalue weighted by molar-refractivity contribution is 5.52. The van der Waals surface area contributed by atoms with Crippen molar-refractivity contribution < 1.29 is 22.0 Å². The minimum Gasteiger partial charge on any atom is -0.206 e. The average molecular weight is 469 g/mol. The highest BCUT2D eigenvalue weighted by Crippen LogP contribution is 2.39. The van der Waals surface area contributed by atoms with Gasteiger partial charge in [0.15, 0.2) is 0 Å². The molecule has 5 heteroatoms. The molecule has 0 saturated heterocycles. The normalized spacial score (nSPS) is 28.0. The summed E-state index contributed by atoms with van der Waals surface area (Å²) in [6.45, 7) is 4.66. The minimum absolute atomic E-state index is 0.0507. The van der Waals surface area contributed by atoms with E-state index in [1.807, 2.05) is 0 Å². The fourth-order valence-corrected chi connectivity index (χ4v) is 5.73. The fraction of sp³-hybridized carbons (Fsp3) is 0.643. The van der Waals surface area contributed by atoms with Gasteiger partial charge >= 0.3 is 6.18 Å². The number of benzene rings is 1. The standard InChI is InChI=1S/C28H37F5/c1-3-4-19(2)22-11-7-20(8-12-22)5-6-21-9-13-23(14-10-21)24-17-26(29)25(27(30)18-24)15-16-28(31,32)33/h5-6,15-23H,3-4,7-14H2,1-2H3/b6-5+,16-15+. The number of alkyl halides is 3. The summed E-state index contributed by atoms with van der Waals surface area (Å²) in [5.41, 5.74) is -0.0809. The number of rotatable bonds is 7. The highest BCUT2D eigenvalue weighted by atomic mass is 19.4. The quantitative estimate of drug-likeness (QED) is 0.276. The Labute approximate surface area is 195 Å². The first-order valence-corrected chi connectivity index (χ1v) is 12.6. The van der Waals surface area contributed by atoms with Crippen molar-refractivity contribution in [2.24, 2.45) is 23.7 Å². The lowest BCUT2D eigenvalue weighted by Gasteiger charge is -2.31. The summed E-state index contributed by atoms with van der Waals surface area (Å²) in [5.74, 6) is 1.07. The molecule has 0 bridgehead atoms. The summed E-state index contributed by atoms with van der Waals surface area (Å²) < 4.78 is 65.6. The van der Waals surface area contributed by atoms with Crippen molar-refractivity contribution in [3.63, 3.8) is 0 Å². The molecule has 0 N–H and O–H groups in total. The van der Waals surface area contributed by atoms with Crippen LogP contribution in [-0.4, -0.2) is 6.18 Å². The molecule has 1 atom stereocenters. The Bertz CT molecular complexity index is 783. The van der Waals surface area contributed by atoms with Crippen LogP contribution in [0, 0.1) is 35.3 Å². The summed E-state index contributed by atoms with van der Waals surface area (Å²) in [6, 6.07) is 2.41. The molecule has 184 valence electrons. The maximum absolute atomic E-state index is 14.3. The fourth-order valence-electron chi connectivity index (χ4n) is 5.73. The lowest BCUT2D eigenvalue weighted by molar-refractivity contribution is -0.0790. The maximum Gasteiger partial charge on any atom is 0.409 e. The third kappa shape index (κ3) is 7.68. The van der Waals surface area contributed by atoms with Crippen molar-refractivity contribution in [2.75, 3.05) is 0 Å². The Balaban J connectivity index is 1.50. The van der Waals surface area contributed by atoms with E-state index in [2.05, 4.69) is 26.0 Å². The first kappa shape index (κ1) is 26.0. The van der Waals surface area contributed by atoms with Crippen LogP contribution in [0.1, 0.15) is 95.1 Å². The van der Waals surface area contributed by atoms with Gasteiger partial charge in [0.1, 0.15) is 11.6 Å². The van der Waals surface area contributed by atoms with Gasteiger partial charge in [-0.2, -0.15) is 13.2 Å². The Morgan fingerprint density at radius 2 is 1.39 bits per heavy atom. The Hall–Kier alpha value is -1.65. The number of allylic oxidation sites excluding steroid dienone is 3. The number of hydrogen-bond acceptors (Lipinski definition) is 0. The molecule has 1 aromatic rings. The average Bonchev–Trinajstić information content (AvgIpc) is 2.77. The van der Waals surface area contributed by atoms with Gasteiger partial charge < -0.3 is 0 Å². The summed E-state index contributed by atoms with van der Waals surface area (Å²) >= 11 is 0. The lowest BCUT2D eigenvalue weighted by Crippen LogP contribution is -2.19. The zero-order chi connectivity index (χ0) is 24.0. The van der Waals surface area contributed by atoms with Gasteiger partial charge in [0.05, 0.1) is 0 Å². The SMILES string of the molecule is CCCC(C)C1CCC(/C=C/C2CCC(c3cc(F)c(/C=C/C(F)(F)F)c(F)c3)CC2)CC1. The Morgan fingerprint density at radius 3 is 1.88 bits per heavy atom. The molecule has 1 unspecified atom stereocenters. The molecule has 0 radical (unpaired) electrons. The van der Waals surface area contributed by atoms with E-state index in [9.17, 15) is 22.0 Å². The predicted molar refractivity (Wildman–Crippen MR) is 125 cm³/mol. The molecule has 3 rings (SSSR count). The van der Waals surface area contributed by atoms with Gasteiger partial charge in [0.2, 0.25) is 0 Å². The van der Waals surface area contributed by atoms with Crippen molar-refractivity contribution in [2.45, 2.75) is 90.1 Å². The van der Waals surface area contributed by atoms with Crippen LogP contribution >= 0.6 is 0 Å². The van der Waals surface area contributed by atoms with Crippen LogP contribution in [0.15, 0.2) is 30.4 Å². The first-order chi connectivity index (χ1) is 15.7. The largest absolute Gasteiger partial charge is 0.409 e. The van der Waals surface area contributed by atoms with Crippen molar-refractivity contribution >= 4 is 6.08 Å². The van der Waals surface area contributed by atoms with E-state index in [0.29, 0.717) is 23.5 Å². The third-order valence-electron chi connectivity index (χ3n) is 7.80. The van der Waals surface area contributed by atoms with Crippen LogP contribution < -0.4 is 0 Å². The molecule has 1 aromatic carbocycles. The predicted octanol–water partition coefficient (Wildman–Crippen LogP) is 9.61. The van der Waals surface area contributed by atoms with E-state index in [-0.39, 0.29) is 12.0 Å². The molecule has 2 aliphatic rings. The Morgan fingerprint density at radius 1 is 0.879 bits per heavy atom. The van der Waals surface area contributed by atoms with Crippen LogP contribution in [0.3, 0.4) is 0 Å². The van der Waals surface area contributed by atoms with Crippen LogP contribution in [0.4, 0.5) is 22.0 Å². The van der Waals surface area contributed by atoms with Crippen LogP contribution in [0.5, 0.6) is 0 Å². The summed E-state index contributed by atoms with van der Waals surface area (Å²) in [7, 11) is 0. The maximum atomic E-state index is 14.3. The second-order valence-electron chi connectivity index (χ2n) is 10.2. The van der Waals surface area contributed by atoms with E-state index in [1.165, 1.54) is 50.7 Å². The summed E-state index contributed by atoms with van der Waals surface area (Å²) in [5, 5.41) is 0. The molecule has 0 nitrogen and oxygen atoms in total. The highest BCUT2D eigenvalue weighted by Gasteiger charge is 2.26. The second kappa shape index (κ2) is 11.7. The molecule has 2 saturated carbocycles. The molecule has 0 aliphatic heterocycles. The summed E-state index contributed by atoms with van der Waals surface area (Å²) in [4.78, 5) is 0. The Kier molecular flexibility index (Phi) is 9.17. The molecule has 0 heterocycles. The smallest absolute Gasteiger partial charge is 0.206 e. The lowest BCUT2D eigenvalue weighted by atomic mass is 9.74. The van der Waals surface area contributed by atoms with Crippen LogP contribution in [0.25, 0.3) is 6.08 Å². The van der Waals surface area contributed by atoms with Crippen molar-refractivity contribution in [3.05, 3.63) is 53.1 Å². The number of halogens is 5. The van der Waals surface area contributed by atoms with Crippen molar-refractivity contribution in [3.8, 4) is 0 Å². The van der Waals surface area contributed by atoms with Crippen LogP contribution in [0.2, 0.25) is 0 Å². The monoisotopic (exact) mass is 468 g/mol. The van der Waals surface area contributed by atoms with Crippen molar-refractivity contribution in [1.29, 1.82) is 0 Å². The van der Waals surface area contributed by atoms with Gasteiger partial charge in [-0.3, -0.25) is 0 Å². The summed E-state index contributed by atoms with van der Waals surface area (Å²) in [6.07, 6.45) is 11.9. The van der Waals surface area contributed by atoms with Gasteiger partial charge in [-0.1, -0.05) is 38.8 Å². The van der Waals surface area contributed by atoms with Crippen LogP contribution in [-0.2, 0) is 0 Å². The van der Waals surface area contributed by atoms with Crippen molar-refractivity contribution in [1.82, 2.24) is 0 Å². The second-order valence-corrected chi connectivity index (χ2v) is 10.2. The van der Waals surface area contributed by atoms with E-state index in [4.69, 9.17) is 0 Å². The van der Waals surface area contributed by atoms with Gasteiger partial charge in [-0.05, 0) is 105 Å². The van der Waals surface area contributed by atoms with E-state index >= 15 is 0 Å². The van der Waals surface area contributed by atoms with Gasteiger partial charge in [0, 0.05) is 11.6 Å². The molecule has 0 spiro atoms.